The average Bonchev–Trinajstić information content (AvgIpc) is 2.26. The summed E-state index contributed by atoms with van der Waals surface area (Å²) in [5.74, 6) is -0.376. The quantitative estimate of drug-likeness (QED) is 0.897. The lowest BCUT2D eigenvalue weighted by molar-refractivity contribution is -0.130. The van der Waals surface area contributed by atoms with Crippen LogP contribution in [0.2, 0.25) is 5.02 Å². The van der Waals surface area contributed by atoms with E-state index in [-0.39, 0.29) is 17.8 Å². The molecular weight excluding hydrogens is 243 g/mol. The van der Waals surface area contributed by atoms with Crippen LogP contribution in [0, 0.1) is 5.82 Å². The number of rotatable bonds is 4. The van der Waals surface area contributed by atoms with Crippen molar-refractivity contribution in [2.24, 2.45) is 0 Å². The number of benzene rings is 1. The standard InChI is InChI=1S/C12H16ClFN2O/c1-8(12(17)16(2)3)15-7-9-4-5-10(14)6-11(9)13/h4-6,8,15H,7H2,1-3H3. The summed E-state index contributed by atoms with van der Waals surface area (Å²) in [6, 6.07) is 3.92. The molecule has 1 N–H and O–H groups in total. The van der Waals surface area contributed by atoms with E-state index >= 15 is 0 Å². The number of carbonyl (C=O) groups is 1. The molecule has 17 heavy (non-hydrogen) atoms. The molecule has 1 atom stereocenters. The Labute approximate surface area is 106 Å². The van der Waals surface area contributed by atoms with Crippen molar-refractivity contribution >= 4 is 17.5 Å². The van der Waals surface area contributed by atoms with Gasteiger partial charge < -0.3 is 10.2 Å². The highest BCUT2D eigenvalue weighted by molar-refractivity contribution is 6.31. The SMILES string of the molecule is CC(NCc1ccc(F)cc1Cl)C(=O)N(C)C. The zero-order chi connectivity index (χ0) is 13.0. The number of amides is 1. The van der Waals surface area contributed by atoms with E-state index < -0.39 is 0 Å². The van der Waals surface area contributed by atoms with Crippen molar-refractivity contribution < 1.29 is 9.18 Å². The van der Waals surface area contributed by atoms with Crippen LogP contribution in [-0.2, 0) is 11.3 Å². The van der Waals surface area contributed by atoms with Gasteiger partial charge in [-0.15, -0.1) is 0 Å². The molecule has 0 aromatic heterocycles. The molecule has 1 amide bonds. The summed E-state index contributed by atoms with van der Waals surface area (Å²) in [5, 5.41) is 3.41. The van der Waals surface area contributed by atoms with Gasteiger partial charge in [0.05, 0.1) is 6.04 Å². The monoisotopic (exact) mass is 258 g/mol. The van der Waals surface area contributed by atoms with Gasteiger partial charge in [0.2, 0.25) is 5.91 Å². The maximum absolute atomic E-state index is 12.8. The zero-order valence-electron chi connectivity index (χ0n) is 10.1. The van der Waals surface area contributed by atoms with E-state index in [9.17, 15) is 9.18 Å². The second kappa shape index (κ2) is 5.98. The third-order valence-electron chi connectivity index (χ3n) is 2.43. The first-order chi connectivity index (χ1) is 7.91. The molecule has 0 aliphatic rings. The van der Waals surface area contributed by atoms with Crippen molar-refractivity contribution in [2.75, 3.05) is 14.1 Å². The molecule has 0 aliphatic heterocycles. The fraction of sp³-hybridized carbons (Fsp3) is 0.417. The van der Waals surface area contributed by atoms with Crippen molar-refractivity contribution in [2.45, 2.75) is 19.5 Å². The van der Waals surface area contributed by atoms with E-state index in [2.05, 4.69) is 5.32 Å². The summed E-state index contributed by atoms with van der Waals surface area (Å²) in [6.07, 6.45) is 0. The molecule has 0 saturated carbocycles. The van der Waals surface area contributed by atoms with Crippen LogP contribution in [0.1, 0.15) is 12.5 Å². The third kappa shape index (κ3) is 3.98. The number of nitrogens with zero attached hydrogens (tertiary/aromatic N) is 1. The van der Waals surface area contributed by atoms with Crippen molar-refractivity contribution in [3.63, 3.8) is 0 Å². The van der Waals surface area contributed by atoms with Crippen LogP contribution in [0.4, 0.5) is 4.39 Å². The first kappa shape index (κ1) is 13.9. The minimum Gasteiger partial charge on any atom is -0.347 e. The summed E-state index contributed by atoms with van der Waals surface area (Å²) in [6.45, 7) is 2.21. The minimum atomic E-state index is -0.365. The number of likely N-dealkylation sites (N-methyl/N-ethyl adjacent to an activating group) is 1. The van der Waals surface area contributed by atoms with Gasteiger partial charge in [-0.25, -0.2) is 4.39 Å². The van der Waals surface area contributed by atoms with Gasteiger partial charge in [0.1, 0.15) is 5.82 Å². The van der Waals surface area contributed by atoms with Crippen LogP contribution in [0.5, 0.6) is 0 Å². The first-order valence-corrected chi connectivity index (χ1v) is 5.68. The Balaban J connectivity index is 2.59. The van der Waals surface area contributed by atoms with Crippen LogP contribution >= 0.6 is 11.6 Å². The van der Waals surface area contributed by atoms with Gasteiger partial charge in [0.15, 0.2) is 0 Å². The van der Waals surface area contributed by atoms with Crippen molar-refractivity contribution in [1.82, 2.24) is 10.2 Å². The lowest BCUT2D eigenvalue weighted by Crippen LogP contribution is -2.41. The maximum atomic E-state index is 12.8. The van der Waals surface area contributed by atoms with Gasteiger partial charge in [-0.3, -0.25) is 4.79 Å². The Morgan fingerprint density at radius 1 is 1.53 bits per heavy atom. The van der Waals surface area contributed by atoms with Crippen LogP contribution < -0.4 is 5.32 Å². The van der Waals surface area contributed by atoms with E-state index in [1.165, 1.54) is 17.0 Å². The Bertz CT molecular complexity index is 409. The molecule has 0 radical (unpaired) electrons. The molecule has 1 rings (SSSR count). The van der Waals surface area contributed by atoms with Gasteiger partial charge in [-0.05, 0) is 24.6 Å². The van der Waals surface area contributed by atoms with Gasteiger partial charge in [0.25, 0.3) is 0 Å². The normalized spacial score (nSPS) is 12.3. The molecule has 1 unspecified atom stereocenters. The summed E-state index contributed by atoms with van der Waals surface area (Å²) in [4.78, 5) is 13.1. The van der Waals surface area contributed by atoms with E-state index in [0.29, 0.717) is 11.6 Å². The molecular formula is C12H16ClFN2O. The molecule has 5 heteroatoms. The number of nitrogens with one attached hydrogen (secondary N) is 1. The summed E-state index contributed by atoms with van der Waals surface area (Å²) in [7, 11) is 3.40. The van der Waals surface area contributed by atoms with Crippen molar-refractivity contribution in [3.8, 4) is 0 Å². The third-order valence-corrected chi connectivity index (χ3v) is 2.78. The molecule has 0 saturated heterocycles. The highest BCUT2D eigenvalue weighted by atomic mass is 35.5. The number of halogens is 2. The van der Waals surface area contributed by atoms with Gasteiger partial charge in [0, 0.05) is 25.7 Å². The number of hydrogen-bond acceptors (Lipinski definition) is 2. The fourth-order valence-electron chi connectivity index (χ4n) is 1.40. The average molecular weight is 259 g/mol. The highest BCUT2D eigenvalue weighted by Crippen LogP contribution is 2.17. The van der Waals surface area contributed by atoms with Crippen LogP contribution in [0.25, 0.3) is 0 Å². The molecule has 0 fully saturated rings. The van der Waals surface area contributed by atoms with Crippen molar-refractivity contribution in [1.29, 1.82) is 0 Å². The number of hydrogen-bond donors (Lipinski definition) is 1. The zero-order valence-corrected chi connectivity index (χ0v) is 10.9. The lowest BCUT2D eigenvalue weighted by atomic mass is 10.2. The van der Waals surface area contributed by atoms with E-state index in [1.54, 1.807) is 27.1 Å². The topological polar surface area (TPSA) is 32.3 Å². The van der Waals surface area contributed by atoms with Crippen LogP contribution in [0.15, 0.2) is 18.2 Å². The summed E-state index contributed by atoms with van der Waals surface area (Å²) in [5.41, 5.74) is 0.770. The number of carbonyl (C=O) groups excluding carboxylic acids is 1. The van der Waals surface area contributed by atoms with Gasteiger partial charge >= 0.3 is 0 Å². The largest absolute Gasteiger partial charge is 0.347 e. The maximum Gasteiger partial charge on any atom is 0.238 e. The predicted molar refractivity (Wildman–Crippen MR) is 66.4 cm³/mol. The van der Waals surface area contributed by atoms with Crippen molar-refractivity contribution in [3.05, 3.63) is 34.6 Å². The second-order valence-electron chi connectivity index (χ2n) is 4.07. The predicted octanol–water partition coefficient (Wildman–Crippen LogP) is 2.05. The Morgan fingerprint density at radius 3 is 2.71 bits per heavy atom. The molecule has 3 nitrogen and oxygen atoms in total. The van der Waals surface area contributed by atoms with Gasteiger partial charge in [-0.1, -0.05) is 17.7 Å². The Kier molecular flexibility index (Phi) is 4.90. The smallest absolute Gasteiger partial charge is 0.238 e. The van der Waals surface area contributed by atoms with Crippen LogP contribution in [0.3, 0.4) is 0 Å². The molecule has 0 heterocycles. The highest BCUT2D eigenvalue weighted by Gasteiger charge is 2.14. The Morgan fingerprint density at radius 2 is 2.18 bits per heavy atom. The molecule has 94 valence electrons. The Hall–Kier alpha value is -1.13. The van der Waals surface area contributed by atoms with E-state index in [0.717, 1.165) is 5.56 Å². The lowest BCUT2D eigenvalue weighted by Gasteiger charge is -2.18. The molecule has 0 spiro atoms. The second-order valence-corrected chi connectivity index (χ2v) is 4.48. The molecule has 0 aliphatic carbocycles. The molecule has 1 aromatic rings. The van der Waals surface area contributed by atoms with E-state index in [1.807, 2.05) is 0 Å². The molecule has 0 bridgehead atoms. The van der Waals surface area contributed by atoms with E-state index in [4.69, 9.17) is 11.6 Å². The summed E-state index contributed by atoms with van der Waals surface area (Å²) < 4.78 is 12.8. The fourth-order valence-corrected chi connectivity index (χ4v) is 1.64. The van der Waals surface area contributed by atoms with Crippen LogP contribution in [-0.4, -0.2) is 30.9 Å². The minimum absolute atomic E-state index is 0.0109. The van der Waals surface area contributed by atoms with Gasteiger partial charge in [-0.2, -0.15) is 0 Å². The molecule has 1 aromatic carbocycles. The first-order valence-electron chi connectivity index (χ1n) is 5.30. The summed E-state index contributed by atoms with van der Waals surface area (Å²) >= 11 is 5.88.